The van der Waals surface area contributed by atoms with Crippen LogP contribution in [-0.2, 0) is 9.53 Å². The van der Waals surface area contributed by atoms with E-state index in [1.807, 2.05) is 13.8 Å². The number of nitrogens with zero attached hydrogens (tertiary/aromatic N) is 1. The normalized spacial score (nSPS) is 33.0. The second kappa shape index (κ2) is 6.44. The minimum absolute atomic E-state index is 0.261. The molecule has 2 rings (SSSR count). The fourth-order valence-corrected chi connectivity index (χ4v) is 3.77. The van der Waals surface area contributed by atoms with Gasteiger partial charge in [-0.1, -0.05) is 0 Å². The largest absolute Gasteiger partial charge is 0.481 e. The number of hydrogen-bond acceptors (Lipinski definition) is 3. The number of carboxylic acid groups (broad SMARTS) is 1. The SMILES string of the molecule is COC1CCCC(N2CCCC(C(C)(C)C(=O)O)C2)C1. The van der Waals surface area contributed by atoms with Crippen LogP contribution in [0.2, 0.25) is 0 Å². The third-order valence-corrected chi connectivity index (χ3v) is 5.47. The van der Waals surface area contributed by atoms with E-state index in [0.717, 1.165) is 32.4 Å². The fraction of sp³-hybridized carbons (Fsp3) is 0.938. The molecule has 1 aliphatic carbocycles. The van der Waals surface area contributed by atoms with E-state index in [1.165, 1.54) is 19.3 Å². The van der Waals surface area contributed by atoms with Gasteiger partial charge in [-0.25, -0.2) is 0 Å². The van der Waals surface area contributed by atoms with Gasteiger partial charge in [-0.3, -0.25) is 9.69 Å². The van der Waals surface area contributed by atoms with Crippen LogP contribution in [0.15, 0.2) is 0 Å². The van der Waals surface area contributed by atoms with E-state index in [2.05, 4.69) is 4.90 Å². The van der Waals surface area contributed by atoms with Gasteiger partial charge in [0, 0.05) is 19.7 Å². The van der Waals surface area contributed by atoms with E-state index in [-0.39, 0.29) is 5.92 Å². The Bertz CT molecular complexity index is 343. The van der Waals surface area contributed by atoms with Crippen LogP contribution in [0, 0.1) is 11.3 Å². The van der Waals surface area contributed by atoms with Crippen molar-refractivity contribution in [3.05, 3.63) is 0 Å². The number of aliphatic carboxylic acids is 1. The molecule has 0 aromatic heterocycles. The molecule has 1 saturated carbocycles. The Hall–Kier alpha value is -0.610. The fourth-order valence-electron chi connectivity index (χ4n) is 3.77. The maximum absolute atomic E-state index is 11.5. The molecule has 0 spiro atoms. The Morgan fingerprint density at radius 1 is 1.25 bits per heavy atom. The maximum atomic E-state index is 11.5. The summed E-state index contributed by atoms with van der Waals surface area (Å²) in [5.41, 5.74) is -0.617. The van der Waals surface area contributed by atoms with Crippen LogP contribution >= 0.6 is 0 Å². The molecule has 20 heavy (non-hydrogen) atoms. The summed E-state index contributed by atoms with van der Waals surface area (Å²) in [6, 6.07) is 0.584. The number of methoxy groups -OCH3 is 1. The highest BCUT2D eigenvalue weighted by atomic mass is 16.5. The summed E-state index contributed by atoms with van der Waals surface area (Å²) in [4.78, 5) is 14.0. The Balaban J connectivity index is 1.98. The van der Waals surface area contributed by atoms with Crippen molar-refractivity contribution in [1.82, 2.24) is 4.90 Å². The Morgan fingerprint density at radius 3 is 2.65 bits per heavy atom. The third kappa shape index (κ3) is 3.34. The molecule has 0 amide bonds. The van der Waals surface area contributed by atoms with Gasteiger partial charge in [0.1, 0.15) is 0 Å². The lowest BCUT2D eigenvalue weighted by Gasteiger charge is -2.44. The molecule has 4 nitrogen and oxygen atoms in total. The summed E-state index contributed by atoms with van der Waals surface area (Å²) < 4.78 is 5.52. The highest BCUT2D eigenvalue weighted by Gasteiger charge is 2.40. The highest BCUT2D eigenvalue weighted by molar-refractivity contribution is 5.74. The predicted octanol–water partition coefficient (Wildman–Crippen LogP) is 2.77. The van der Waals surface area contributed by atoms with E-state index in [0.29, 0.717) is 12.1 Å². The van der Waals surface area contributed by atoms with E-state index in [9.17, 15) is 9.90 Å². The number of carbonyl (C=O) groups is 1. The lowest BCUT2D eigenvalue weighted by Crippen LogP contribution is -2.50. The number of likely N-dealkylation sites (tertiary alicyclic amines) is 1. The van der Waals surface area contributed by atoms with E-state index < -0.39 is 11.4 Å². The first-order chi connectivity index (χ1) is 9.45. The van der Waals surface area contributed by atoms with Crippen LogP contribution in [-0.4, -0.2) is 48.3 Å². The Labute approximate surface area is 122 Å². The number of carboxylic acids is 1. The summed E-state index contributed by atoms with van der Waals surface area (Å²) in [5, 5.41) is 9.43. The molecule has 1 heterocycles. The first-order valence-electron chi connectivity index (χ1n) is 7.95. The van der Waals surface area contributed by atoms with Crippen molar-refractivity contribution in [1.29, 1.82) is 0 Å². The van der Waals surface area contributed by atoms with Crippen molar-refractivity contribution in [3.8, 4) is 0 Å². The zero-order valence-corrected chi connectivity index (χ0v) is 13.1. The first-order valence-corrected chi connectivity index (χ1v) is 7.95. The zero-order valence-electron chi connectivity index (χ0n) is 13.1. The molecule has 4 heteroatoms. The maximum Gasteiger partial charge on any atom is 0.309 e. The lowest BCUT2D eigenvalue weighted by molar-refractivity contribution is -0.151. The number of piperidine rings is 1. The molecule has 2 aliphatic rings. The molecule has 2 fully saturated rings. The minimum atomic E-state index is -0.664. The van der Waals surface area contributed by atoms with E-state index in [4.69, 9.17) is 4.74 Å². The highest BCUT2D eigenvalue weighted by Crippen LogP contribution is 2.36. The summed E-state index contributed by atoms with van der Waals surface area (Å²) in [7, 11) is 1.81. The summed E-state index contributed by atoms with van der Waals surface area (Å²) in [5.74, 6) is -0.403. The van der Waals surface area contributed by atoms with Gasteiger partial charge in [0.05, 0.1) is 11.5 Å². The van der Waals surface area contributed by atoms with Crippen LogP contribution in [0.25, 0.3) is 0 Å². The molecule has 1 saturated heterocycles. The standard InChI is InChI=1S/C16H29NO3/c1-16(2,15(18)19)12-6-5-9-17(11-12)13-7-4-8-14(10-13)20-3/h12-14H,4-11H2,1-3H3,(H,18,19). The lowest BCUT2D eigenvalue weighted by atomic mass is 9.74. The molecule has 0 bridgehead atoms. The van der Waals surface area contributed by atoms with Gasteiger partial charge in [0.2, 0.25) is 0 Å². The van der Waals surface area contributed by atoms with Gasteiger partial charge >= 0.3 is 5.97 Å². The minimum Gasteiger partial charge on any atom is -0.481 e. The smallest absolute Gasteiger partial charge is 0.309 e. The molecule has 1 aliphatic heterocycles. The van der Waals surface area contributed by atoms with Crippen molar-refractivity contribution < 1.29 is 14.6 Å². The second-order valence-electron chi connectivity index (χ2n) is 7.04. The van der Waals surface area contributed by atoms with Gasteiger partial charge in [-0.15, -0.1) is 0 Å². The predicted molar refractivity (Wildman–Crippen MR) is 78.8 cm³/mol. The van der Waals surface area contributed by atoms with Crippen molar-refractivity contribution in [2.24, 2.45) is 11.3 Å². The molecule has 1 N–H and O–H groups in total. The molecule has 0 aromatic rings. The van der Waals surface area contributed by atoms with Gasteiger partial charge in [-0.05, 0) is 64.8 Å². The second-order valence-corrected chi connectivity index (χ2v) is 7.04. The van der Waals surface area contributed by atoms with Crippen LogP contribution in [0.4, 0.5) is 0 Å². The Morgan fingerprint density at radius 2 is 2.00 bits per heavy atom. The van der Waals surface area contributed by atoms with Crippen LogP contribution < -0.4 is 0 Å². The summed E-state index contributed by atoms with van der Waals surface area (Å²) in [6.45, 7) is 5.80. The molecule has 3 atom stereocenters. The Kier molecular flexibility index (Phi) is 5.08. The average molecular weight is 283 g/mol. The third-order valence-electron chi connectivity index (χ3n) is 5.47. The van der Waals surface area contributed by atoms with Crippen molar-refractivity contribution >= 4 is 5.97 Å². The summed E-state index contributed by atoms with van der Waals surface area (Å²) in [6.07, 6.45) is 7.29. The number of hydrogen-bond donors (Lipinski definition) is 1. The molecular weight excluding hydrogens is 254 g/mol. The summed E-state index contributed by atoms with van der Waals surface area (Å²) >= 11 is 0. The first kappa shape index (κ1) is 15.8. The molecule has 0 aromatic carbocycles. The number of ether oxygens (including phenoxy) is 1. The van der Waals surface area contributed by atoms with Gasteiger partial charge in [-0.2, -0.15) is 0 Å². The van der Waals surface area contributed by atoms with Crippen molar-refractivity contribution in [2.75, 3.05) is 20.2 Å². The van der Waals surface area contributed by atoms with Gasteiger partial charge in [0.15, 0.2) is 0 Å². The van der Waals surface area contributed by atoms with Crippen LogP contribution in [0.5, 0.6) is 0 Å². The monoisotopic (exact) mass is 283 g/mol. The molecule has 3 unspecified atom stereocenters. The van der Waals surface area contributed by atoms with Crippen molar-refractivity contribution in [3.63, 3.8) is 0 Å². The van der Waals surface area contributed by atoms with E-state index in [1.54, 1.807) is 7.11 Å². The average Bonchev–Trinajstić information content (AvgIpc) is 2.47. The van der Waals surface area contributed by atoms with Gasteiger partial charge < -0.3 is 9.84 Å². The van der Waals surface area contributed by atoms with Crippen molar-refractivity contribution in [2.45, 2.75) is 64.5 Å². The number of rotatable bonds is 4. The topological polar surface area (TPSA) is 49.8 Å². The van der Waals surface area contributed by atoms with E-state index >= 15 is 0 Å². The molecular formula is C16H29NO3. The van der Waals surface area contributed by atoms with Crippen LogP contribution in [0.1, 0.15) is 52.4 Å². The molecule has 116 valence electrons. The molecule has 0 radical (unpaired) electrons. The van der Waals surface area contributed by atoms with Crippen LogP contribution in [0.3, 0.4) is 0 Å². The zero-order chi connectivity index (χ0) is 14.8. The van der Waals surface area contributed by atoms with Gasteiger partial charge in [0.25, 0.3) is 0 Å². The quantitative estimate of drug-likeness (QED) is 0.862.